The number of amides is 1. The molecule has 0 heterocycles. The summed E-state index contributed by atoms with van der Waals surface area (Å²) >= 11 is 6.72. The van der Waals surface area contributed by atoms with Crippen molar-refractivity contribution < 1.29 is 13.6 Å². The topological polar surface area (TPSA) is 29.1 Å². The van der Waals surface area contributed by atoms with Crippen LogP contribution < -0.4 is 5.32 Å². The second kappa shape index (κ2) is 4.67. The average molecular weight is 326 g/mol. The van der Waals surface area contributed by atoms with Gasteiger partial charge < -0.3 is 5.32 Å². The first-order valence-electron chi connectivity index (χ1n) is 7.83. The molecule has 2 unspecified atom stereocenters. The number of rotatable bonds is 2. The van der Waals surface area contributed by atoms with E-state index < -0.39 is 17.0 Å². The van der Waals surface area contributed by atoms with Gasteiger partial charge in [0, 0.05) is 10.9 Å². The molecule has 4 saturated carbocycles. The summed E-state index contributed by atoms with van der Waals surface area (Å²) in [5.41, 5.74) is -0.432. The molecule has 118 valence electrons. The van der Waals surface area contributed by atoms with E-state index in [4.69, 9.17) is 11.6 Å². The summed E-state index contributed by atoms with van der Waals surface area (Å²) in [7, 11) is 0. The first-order chi connectivity index (χ1) is 10.4. The molecule has 0 radical (unpaired) electrons. The van der Waals surface area contributed by atoms with Gasteiger partial charge in [0.2, 0.25) is 5.91 Å². The molecule has 0 saturated heterocycles. The van der Waals surface area contributed by atoms with E-state index in [-0.39, 0.29) is 16.5 Å². The molecule has 1 aromatic carbocycles. The summed E-state index contributed by atoms with van der Waals surface area (Å²) in [6.07, 6.45) is 5.49. The number of alkyl halides is 1. The maximum atomic E-state index is 13.8. The number of halogens is 3. The Labute approximate surface area is 133 Å². The predicted molar refractivity (Wildman–Crippen MR) is 80.7 cm³/mol. The monoisotopic (exact) mass is 325 g/mol. The zero-order valence-electron chi connectivity index (χ0n) is 12.2. The fourth-order valence-electron chi connectivity index (χ4n) is 5.26. The SMILES string of the molecule is O=C(Nc1ccc(F)cc1F)C12CC3CC(CC(Cl)(C3)C1)C2. The Bertz CT molecular complexity index is 634. The van der Waals surface area contributed by atoms with Gasteiger partial charge in [-0.1, -0.05) is 0 Å². The normalized spacial score (nSPS) is 39.0. The van der Waals surface area contributed by atoms with Gasteiger partial charge in [0.1, 0.15) is 11.6 Å². The van der Waals surface area contributed by atoms with Crippen molar-refractivity contribution >= 4 is 23.2 Å². The maximum Gasteiger partial charge on any atom is 0.230 e. The third-order valence-corrected chi connectivity index (χ3v) is 6.09. The number of benzene rings is 1. The smallest absolute Gasteiger partial charge is 0.230 e. The molecule has 4 fully saturated rings. The Morgan fingerprint density at radius 1 is 1.18 bits per heavy atom. The Kier molecular flexibility index (Phi) is 3.06. The number of nitrogens with one attached hydrogen (secondary N) is 1. The molecule has 0 aromatic heterocycles. The fraction of sp³-hybridized carbons (Fsp3) is 0.588. The molecule has 0 aliphatic heterocycles. The predicted octanol–water partition coefficient (Wildman–Crippen LogP) is 4.48. The van der Waals surface area contributed by atoms with Crippen molar-refractivity contribution in [3.05, 3.63) is 29.8 Å². The van der Waals surface area contributed by atoms with Gasteiger partial charge in [-0.3, -0.25) is 4.79 Å². The van der Waals surface area contributed by atoms with Crippen LogP contribution in [0.4, 0.5) is 14.5 Å². The minimum absolute atomic E-state index is 0.0470. The molecule has 2 nitrogen and oxygen atoms in total. The Balaban J connectivity index is 1.60. The Morgan fingerprint density at radius 2 is 1.86 bits per heavy atom. The summed E-state index contributed by atoms with van der Waals surface area (Å²) in [6.45, 7) is 0. The molecule has 4 aliphatic rings. The highest BCUT2D eigenvalue weighted by Crippen LogP contribution is 2.64. The quantitative estimate of drug-likeness (QED) is 0.798. The first-order valence-corrected chi connectivity index (χ1v) is 8.21. The molecule has 4 aliphatic carbocycles. The molecule has 0 spiro atoms. The molecule has 1 aromatic rings. The van der Waals surface area contributed by atoms with Crippen molar-refractivity contribution in [3.63, 3.8) is 0 Å². The maximum absolute atomic E-state index is 13.8. The zero-order chi connectivity index (χ0) is 15.5. The van der Waals surface area contributed by atoms with Crippen molar-refractivity contribution in [2.45, 2.75) is 43.4 Å². The standard InChI is InChI=1S/C17H18ClF2NO/c18-17-7-10-3-11(8-17)6-16(5-10,9-17)15(22)21-14-2-1-12(19)4-13(14)20/h1-2,4,10-11H,3,5-9H2,(H,21,22). The van der Waals surface area contributed by atoms with Gasteiger partial charge in [0.15, 0.2) is 0 Å². The summed E-state index contributed by atoms with van der Waals surface area (Å²) in [5.74, 6) is -0.536. The lowest BCUT2D eigenvalue weighted by Crippen LogP contribution is -2.57. The summed E-state index contributed by atoms with van der Waals surface area (Å²) < 4.78 is 26.8. The number of hydrogen-bond donors (Lipinski definition) is 1. The largest absolute Gasteiger partial charge is 0.323 e. The molecule has 4 bridgehead atoms. The first kappa shape index (κ1) is 14.4. The van der Waals surface area contributed by atoms with Gasteiger partial charge in [-0.15, -0.1) is 11.6 Å². The van der Waals surface area contributed by atoms with E-state index in [0.717, 1.165) is 44.2 Å². The lowest BCUT2D eigenvalue weighted by atomic mass is 9.49. The van der Waals surface area contributed by atoms with E-state index in [2.05, 4.69) is 5.32 Å². The number of carbonyl (C=O) groups excluding carboxylic acids is 1. The van der Waals surface area contributed by atoms with Crippen LogP contribution in [0.5, 0.6) is 0 Å². The van der Waals surface area contributed by atoms with Crippen LogP contribution in [0.2, 0.25) is 0 Å². The highest BCUT2D eigenvalue weighted by Gasteiger charge is 2.60. The van der Waals surface area contributed by atoms with Crippen LogP contribution in [0.1, 0.15) is 38.5 Å². The van der Waals surface area contributed by atoms with E-state index in [1.54, 1.807) is 0 Å². The van der Waals surface area contributed by atoms with E-state index in [1.165, 1.54) is 6.07 Å². The van der Waals surface area contributed by atoms with Crippen LogP contribution >= 0.6 is 11.6 Å². The van der Waals surface area contributed by atoms with Crippen molar-refractivity contribution in [3.8, 4) is 0 Å². The van der Waals surface area contributed by atoms with Crippen molar-refractivity contribution in [2.24, 2.45) is 17.3 Å². The van der Waals surface area contributed by atoms with Crippen LogP contribution in [0, 0.1) is 28.9 Å². The molecule has 2 atom stereocenters. The van der Waals surface area contributed by atoms with Gasteiger partial charge in [-0.25, -0.2) is 8.78 Å². The highest BCUT2D eigenvalue weighted by molar-refractivity contribution is 6.24. The lowest BCUT2D eigenvalue weighted by molar-refractivity contribution is -0.138. The molecule has 1 amide bonds. The van der Waals surface area contributed by atoms with Crippen LogP contribution in [-0.4, -0.2) is 10.8 Å². The van der Waals surface area contributed by atoms with E-state index in [1.807, 2.05) is 0 Å². The molecule has 22 heavy (non-hydrogen) atoms. The Morgan fingerprint density at radius 3 is 2.45 bits per heavy atom. The van der Waals surface area contributed by atoms with Gasteiger partial charge in [-0.2, -0.15) is 0 Å². The molecule has 5 rings (SSSR count). The number of anilines is 1. The zero-order valence-corrected chi connectivity index (χ0v) is 12.9. The molecular formula is C17H18ClF2NO. The molecule has 1 N–H and O–H groups in total. The van der Waals surface area contributed by atoms with Crippen molar-refractivity contribution in [1.82, 2.24) is 0 Å². The van der Waals surface area contributed by atoms with Gasteiger partial charge in [0.25, 0.3) is 0 Å². The highest BCUT2D eigenvalue weighted by atomic mass is 35.5. The van der Waals surface area contributed by atoms with Crippen LogP contribution in [0.25, 0.3) is 0 Å². The van der Waals surface area contributed by atoms with Gasteiger partial charge in [0.05, 0.1) is 11.1 Å². The van der Waals surface area contributed by atoms with Gasteiger partial charge in [-0.05, 0) is 62.5 Å². The van der Waals surface area contributed by atoms with Gasteiger partial charge >= 0.3 is 0 Å². The number of carbonyl (C=O) groups is 1. The Hall–Kier alpha value is -1.16. The van der Waals surface area contributed by atoms with E-state index in [0.29, 0.717) is 18.3 Å². The molecular weight excluding hydrogens is 308 g/mol. The fourth-order valence-corrected chi connectivity index (χ4v) is 5.95. The van der Waals surface area contributed by atoms with Crippen LogP contribution in [0.3, 0.4) is 0 Å². The average Bonchev–Trinajstić information content (AvgIpc) is 2.39. The molecule has 5 heteroatoms. The minimum Gasteiger partial charge on any atom is -0.323 e. The minimum atomic E-state index is -0.737. The summed E-state index contributed by atoms with van der Waals surface area (Å²) in [6, 6.07) is 3.22. The van der Waals surface area contributed by atoms with Crippen molar-refractivity contribution in [1.29, 1.82) is 0 Å². The third-order valence-electron chi connectivity index (χ3n) is 5.65. The summed E-state index contributed by atoms with van der Waals surface area (Å²) in [4.78, 5) is 12.6. The second-order valence-corrected chi connectivity index (χ2v) is 8.27. The van der Waals surface area contributed by atoms with E-state index >= 15 is 0 Å². The second-order valence-electron chi connectivity index (χ2n) is 7.47. The van der Waals surface area contributed by atoms with Crippen LogP contribution in [0.15, 0.2) is 18.2 Å². The summed E-state index contributed by atoms with van der Waals surface area (Å²) in [5, 5.41) is 2.67. The third kappa shape index (κ3) is 2.23. The lowest BCUT2D eigenvalue weighted by Gasteiger charge is -2.59. The number of hydrogen-bond acceptors (Lipinski definition) is 1. The van der Waals surface area contributed by atoms with Crippen LogP contribution in [-0.2, 0) is 4.79 Å². The van der Waals surface area contributed by atoms with Crippen molar-refractivity contribution in [2.75, 3.05) is 5.32 Å². The van der Waals surface area contributed by atoms with E-state index in [9.17, 15) is 13.6 Å².